The van der Waals surface area contributed by atoms with Gasteiger partial charge >= 0.3 is 0 Å². The molecule has 1 aromatic rings. The third-order valence-corrected chi connectivity index (χ3v) is 2.93. The fourth-order valence-electron chi connectivity index (χ4n) is 1.80. The standard InChI is InChI=1S/C11H14ClNO/c12-8-4-1-2-6-10(8)14-11-7-3-5-9(11)13/h1-2,4,6,9,11H,3,5,7,13H2. The van der Waals surface area contributed by atoms with Gasteiger partial charge < -0.3 is 10.5 Å². The highest BCUT2D eigenvalue weighted by Crippen LogP contribution is 2.28. The first-order valence-corrected chi connectivity index (χ1v) is 5.32. The van der Waals surface area contributed by atoms with Crippen molar-refractivity contribution in [3.63, 3.8) is 0 Å². The Morgan fingerprint density at radius 1 is 1.29 bits per heavy atom. The monoisotopic (exact) mass is 211 g/mol. The second kappa shape index (κ2) is 4.20. The van der Waals surface area contributed by atoms with Gasteiger partial charge in [-0.15, -0.1) is 0 Å². The normalized spacial score (nSPS) is 26.4. The molecule has 0 radical (unpaired) electrons. The van der Waals surface area contributed by atoms with E-state index in [2.05, 4.69) is 0 Å². The molecule has 1 saturated carbocycles. The van der Waals surface area contributed by atoms with Crippen LogP contribution < -0.4 is 10.5 Å². The molecule has 0 aliphatic heterocycles. The Labute approximate surface area is 89.0 Å². The quantitative estimate of drug-likeness (QED) is 0.816. The van der Waals surface area contributed by atoms with Gasteiger partial charge in [0.05, 0.1) is 5.02 Å². The minimum Gasteiger partial charge on any atom is -0.487 e. The summed E-state index contributed by atoms with van der Waals surface area (Å²) >= 11 is 5.98. The summed E-state index contributed by atoms with van der Waals surface area (Å²) in [5.74, 6) is 0.747. The maximum Gasteiger partial charge on any atom is 0.138 e. The second-order valence-electron chi connectivity index (χ2n) is 3.68. The molecule has 1 aliphatic rings. The van der Waals surface area contributed by atoms with Gasteiger partial charge in [0, 0.05) is 6.04 Å². The average Bonchev–Trinajstić information content (AvgIpc) is 2.56. The van der Waals surface area contributed by atoms with E-state index in [0.29, 0.717) is 5.02 Å². The number of halogens is 1. The van der Waals surface area contributed by atoms with Gasteiger partial charge in [-0.25, -0.2) is 0 Å². The van der Waals surface area contributed by atoms with Crippen molar-refractivity contribution in [3.8, 4) is 5.75 Å². The van der Waals surface area contributed by atoms with Crippen molar-refractivity contribution in [3.05, 3.63) is 29.3 Å². The number of benzene rings is 1. The number of ether oxygens (including phenoxy) is 1. The second-order valence-corrected chi connectivity index (χ2v) is 4.09. The lowest BCUT2D eigenvalue weighted by molar-refractivity contribution is 0.192. The largest absolute Gasteiger partial charge is 0.487 e. The zero-order valence-corrected chi connectivity index (χ0v) is 8.70. The molecule has 1 aromatic carbocycles. The smallest absolute Gasteiger partial charge is 0.138 e. The summed E-state index contributed by atoms with van der Waals surface area (Å²) in [5.41, 5.74) is 5.91. The van der Waals surface area contributed by atoms with Gasteiger partial charge in [-0.05, 0) is 31.4 Å². The number of rotatable bonds is 2. The lowest BCUT2D eigenvalue weighted by Gasteiger charge is -2.18. The summed E-state index contributed by atoms with van der Waals surface area (Å²) in [7, 11) is 0. The maximum absolute atomic E-state index is 5.98. The van der Waals surface area contributed by atoms with Crippen molar-refractivity contribution in [1.82, 2.24) is 0 Å². The fraction of sp³-hybridized carbons (Fsp3) is 0.455. The van der Waals surface area contributed by atoms with Gasteiger partial charge in [0.2, 0.25) is 0 Å². The highest BCUT2D eigenvalue weighted by Gasteiger charge is 2.25. The molecular formula is C11H14ClNO. The summed E-state index contributed by atoms with van der Waals surface area (Å²) in [6.45, 7) is 0. The minimum atomic E-state index is 0.134. The van der Waals surface area contributed by atoms with Crippen LogP contribution in [0.3, 0.4) is 0 Å². The highest BCUT2D eigenvalue weighted by molar-refractivity contribution is 6.32. The molecule has 1 aliphatic carbocycles. The molecule has 1 fully saturated rings. The molecule has 76 valence electrons. The summed E-state index contributed by atoms with van der Waals surface area (Å²) in [4.78, 5) is 0. The van der Waals surface area contributed by atoms with Crippen LogP contribution in [-0.4, -0.2) is 12.1 Å². The number of para-hydroxylation sites is 1. The molecule has 2 unspecified atom stereocenters. The SMILES string of the molecule is NC1CCCC1Oc1ccccc1Cl. The average molecular weight is 212 g/mol. The Morgan fingerprint density at radius 2 is 2.07 bits per heavy atom. The van der Waals surface area contributed by atoms with Gasteiger partial charge in [0.15, 0.2) is 0 Å². The van der Waals surface area contributed by atoms with Gasteiger partial charge in [-0.3, -0.25) is 0 Å². The van der Waals surface area contributed by atoms with E-state index in [1.807, 2.05) is 24.3 Å². The van der Waals surface area contributed by atoms with Crippen LogP contribution in [-0.2, 0) is 0 Å². The van der Waals surface area contributed by atoms with Crippen LogP contribution in [0.2, 0.25) is 5.02 Å². The van der Waals surface area contributed by atoms with E-state index in [1.54, 1.807) is 0 Å². The Kier molecular flexibility index (Phi) is 2.94. The van der Waals surface area contributed by atoms with Crippen LogP contribution in [0.5, 0.6) is 5.75 Å². The molecule has 14 heavy (non-hydrogen) atoms. The molecule has 0 saturated heterocycles. The molecule has 2 rings (SSSR count). The molecular weight excluding hydrogens is 198 g/mol. The Morgan fingerprint density at radius 3 is 2.71 bits per heavy atom. The third-order valence-electron chi connectivity index (χ3n) is 2.62. The predicted molar refractivity (Wildman–Crippen MR) is 57.7 cm³/mol. The van der Waals surface area contributed by atoms with E-state index in [1.165, 1.54) is 0 Å². The van der Waals surface area contributed by atoms with E-state index in [4.69, 9.17) is 22.1 Å². The Balaban J connectivity index is 2.07. The zero-order valence-electron chi connectivity index (χ0n) is 7.95. The van der Waals surface area contributed by atoms with Crippen LogP contribution in [0.1, 0.15) is 19.3 Å². The molecule has 0 spiro atoms. The molecule has 2 atom stereocenters. The van der Waals surface area contributed by atoms with Crippen molar-refractivity contribution in [2.75, 3.05) is 0 Å². The van der Waals surface area contributed by atoms with Crippen molar-refractivity contribution >= 4 is 11.6 Å². The predicted octanol–water partition coefficient (Wildman–Crippen LogP) is 2.60. The summed E-state index contributed by atoms with van der Waals surface area (Å²) in [6.07, 6.45) is 3.37. The third kappa shape index (κ3) is 2.02. The van der Waals surface area contributed by atoms with E-state index in [9.17, 15) is 0 Å². The van der Waals surface area contributed by atoms with Gasteiger partial charge in [-0.1, -0.05) is 23.7 Å². The van der Waals surface area contributed by atoms with Crippen molar-refractivity contribution < 1.29 is 4.74 Å². The first-order chi connectivity index (χ1) is 6.77. The molecule has 2 N–H and O–H groups in total. The van der Waals surface area contributed by atoms with Gasteiger partial charge in [0.1, 0.15) is 11.9 Å². The summed E-state index contributed by atoms with van der Waals surface area (Å²) < 4.78 is 5.76. The first kappa shape index (κ1) is 9.81. The summed E-state index contributed by atoms with van der Waals surface area (Å²) in [6, 6.07) is 7.68. The Bertz CT molecular complexity index is 316. The maximum atomic E-state index is 5.98. The van der Waals surface area contributed by atoms with E-state index >= 15 is 0 Å². The lowest BCUT2D eigenvalue weighted by Crippen LogP contribution is -2.33. The molecule has 2 nitrogen and oxygen atoms in total. The van der Waals surface area contributed by atoms with Crippen LogP contribution in [0.25, 0.3) is 0 Å². The van der Waals surface area contributed by atoms with Gasteiger partial charge in [0.25, 0.3) is 0 Å². The van der Waals surface area contributed by atoms with E-state index in [0.717, 1.165) is 25.0 Å². The minimum absolute atomic E-state index is 0.134. The molecule has 0 heterocycles. The Hall–Kier alpha value is -0.730. The van der Waals surface area contributed by atoms with Crippen LogP contribution in [0.15, 0.2) is 24.3 Å². The van der Waals surface area contributed by atoms with Gasteiger partial charge in [-0.2, -0.15) is 0 Å². The molecule has 0 aromatic heterocycles. The number of hydrogen-bond donors (Lipinski definition) is 1. The summed E-state index contributed by atoms with van der Waals surface area (Å²) in [5, 5.41) is 0.659. The number of hydrogen-bond acceptors (Lipinski definition) is 2. The van der Waals surface area contributed by atoms with Crippen molar-refractivity contribution in [2.24, 2.45) is 5.73 Å². The fourth-order valence-corrected chi connectivity index (χ4v) is 1.98. The van der Waals surface area contributed by atoms with E-state index in [-0.39, 0.29) is 12.1 Å². The van der Waals surface area contributed by atoms with Crippen LogP contribution in [0, 0.1) is 0 Å². The highest BCUT2D eigenvalue weighted by atomic mass is 35.5. The number of nitrogens with two attached hydrogens (primary N) is 1. The van der Waals surface area contributed by atoms with Crippen LogP contribution in [0.4, 0.5) is 0 Å². The lowest BCUT2D eigenvalue weighted by atomic mass is 10.2. The van der Waals surface area contributed by atoms with Crippen LogP contribution >= 0.6 is 11.6 Å². The molecule has 0 amide bonds. The first-order valence-electron chi connectivity index (χ1n) is 4.94. The zero-order chi connectivity index (χ0) is 9.97. The molecule has 0 bridgehead atoms. The van der Waals surface area contributed by atoms with Crippen molar-refractivity contribution in [1.29, 1.82) is 0 Å². The van der Waals surface area contributed by atoms with E-state index < -0.39 is 0 Å². The molecule has 3 heteroatoms. The topological polar surface area (TPSA) is 35.2 Å². The van der Waals surface area contributed by atoms with Crippen molar-refractivity contribution in [2.45, 2.75) is 31.4 Å².